The van der Waals surface area contributed by atoms with Crippen LogP contribution in [0.1, 0.15) is 16.7 Å². The van der Waals surface area contributed by atoms with E-state index in [1.807, 2.05) is 31.2 Å². The molecule has 3 aromatic carbocycles. The van der Waals surface area contributed by atoms with E-state index in [0.717, 1.165) is 17.7 Å². The summed E-state index contributed by atoms with van der Waals surface area (Å²) in [7, 11) is 0. The summed E-state index contributed by atoms with van der Waals surface area (Å²) >= 11 is 12.9. The summed E-state index contributed by atoms with van der Waals surface area (Å²) in [4.78, 5) is 27.0. The number of carbonyl (C=O) groups is 2. The normalized spacial score (nSPS) is 14.8. The number of thiocarbonyl (C=S) groups is 1. The van der Waals surface area contributed by atoms with Crippen molar-refractivity contribution in [2.24, 2.45) is 0 Å². The molecule has 1 heterocycles. The minimum Gasteiger partial charge on any atom is -0.482 e. The maximum Gasteiger partial charge on any atom is 0.416 e. The second-order valence-corrected chi connectivity index (χ2v) is 10.0. The predicted molar refractivity (Wildman–Crippen MR) is 144 cm³/mol. The molecule has 0 aromatic heterocycles. The fraction of sp³-hybridized carbons (Fsp3) is 0.115. The monoisotopic (exact) mass is 562 g/mol. The molecule has 0 bridgehead atoms. The summed E-state index contributed by atoms with van der Waals surface area (Å²) in [6.45, 7) is 1.46. The number of anilines is 2. The predicted octanol–water partition coefficient (Wildman–Crippen LogP) is 7.09. The molecular formula is C26H18ClF3N2O3S2. The molecule has 0 saturated carbocycles. The van der Waals surface area contributed by atoms with E-state index in [4.69, 9.17) is 28.6 Å². The number of halogens is 4. The number of rotatable bonds is 6. The van der Waals surface area contributed by atoms with Crippen molar-refractivity contribution in [2.75, 3.05) is 16.8 Å². The number of thioether (sulfide) groups is 1. The Labute approximate surface area is 225 Å². The highest BCUT2D eigenvalue weighted by atomic mass is 35.5. The molecule has 1 N–H and O–H groups in total. The number of hydrogen-bond acceptors (Lipinski definition) is 5. The summed E-state index contributed by atoms with van der Waals surface area (Å²) in [6, 6.07) is 16.5. The lowest BCUT2D eigenvalue weighted by atomic mass is 10.2. The highest BCUT2D eigenvalue weighted by molar-refractivity contribution is 8.27. The van der Waals surface area contributed by atoms with E-state index < -0.39 is 24.3 Å². The highest BCUT2D eigenvalue weighted by Gasteiger charge is 2.33. The number of aryl methyl sites for hydroxylation is 1. The summed E-state index contributed by atoms with van der Waals surface area (Å²) in [5, 5.41) is 2.55. The van der Waals surface area contributed by atoms with Gasteiger partial charge < -0.3 is 10.1 Å². The lowest BCUT2D eigenvalue weighted by Gasteiger charge is -2.14. The van der Waals surface area contributed by atoms with E-state index in [0.29, 0.717) is 20.5 Å². The Morgan fingerprint density at radius 3 is 2.59 bits per heavy atom. The first kappa shape index (κ1) is 26.7. The number of nitrogens with zero attached hydrogens (tertiary/aromatic N) is 1. The first-order chi connectivity index (χ1) is 17.5. The molecule has 4 rings (SSSR count). The van der Waals surface area contributed by atoms with Gasteiger partial charge in [-0.05, 0) is 66.6 Å². The molecule has 0 spiro atoms. The van der Waals surface area contributed by atoms with Crippen LogP contribution in [-0.2, 0) is 15.8 Å². The summed E-state index contributed by atoms with van der Waals surface area (Å²) in [6.07, 6.45) is -2.86. The number of hydrogen-bond donors (Lipinski definition) is 1. The molecule has 0 aliphatic carbocycles. The summed E-state index contributed by atoms with van der Waals surface area (Å²) in [5.41, 5.74) is 1.43. The van der Waals surface area contributed by atoms with Crippen LogP contribution in [0.2, 0.25) is 5.02 Å². The van der Waals surface area contributed by atoms with Gasteiger partial charge in [0.15, 0.2) is 10.9 Å². The third kappa shape index (κ3) is 6.51. The lowest BCUT2D eigenvalue weighted by molar-refractivity contribution is -0.137. The van der Waals surface area contributed by atoms with Gasteiger partial charge in [-0.15, -0.1) is 0 Å². The maximum absolute atomic E-state index is 13.0. The van der Waals surface area contributed by atoms with Crippen LogP contribution in [0.15, 0.2) is 71.6 Å². The number of alkyl halides is 3. The fourth-order valence-electron chi connectivity index (χ4n) is 3.45. The van der Waals surface area contributed by atoms with Crippen LogP contribution in [0.5, 0.6) is 5.75 Å². The number of carbonyl (C=O) groups excluding carboxylic acids is 2. The number of benzene rings is 3. The molecule has 0 radical (unpaired) electrons. The minimum atomic E-state index is -4.52. The van der Waals surface area contributed by atoms with Gasteiger partial charge in [0.2, 0.25) is 0 Å². The van der Waals surface area contributed by atoms with Crippen LogP contribution >= 0.6 is 35.6 Å². The van der Waals surface area contributed by atoms with E-state index in [1.54, 1.807) is 18.2 Å². The Hall–Kier alpha value is -3.34. The Kier molecular flexibility index (Phi) is 7.91. The number of ether oxygens (including phenoxy) is 1. The van der Waals surface area contributed by atoms with Crippen LogP contribution in [0.25, 0.3) is 6.08 Å². The maximum atomic E-state index is 13.0. The van der Waals surface area contributed by atoms with Crippen molar-refractivity contribution in [2.45, 2.75) is 13.1 Å². The van der Waals surface area contributed by atoms with E-state index in [2.05, 4.69) is 5.32 Å². The van der Waals surface area contributed by atoms with Crippen molar-refractivity contribution in [1.29, 1.82) is 0 Å². The standard InChI is InChI=1S/C26H18ClF3N2O3S2/c1-15-4-2-7-19(10-15)32-24(34)22(37-25(32)36)12-16-8-9-21(20(27)11-16)35-14-23(33)31-18-6-3-5-17(13-18)26(28,29)30/h2-13H,14H2,1H3,(H,31,33)/b22-12-. The highest BCUT2D eigenvalue weighted by Crippen LogP contribution is 2.37. The Morgan fingerprint density at radius 1 is 1.14 bits per heavy atom. The molecule has 1 aliphatic heterocycles. The van der Waals surface area contributed by atoms with Gasteiger partial charge in [0.25, 0.3) is 11.8 Å². The van der Waals surface area contributed by atoms with Crippen LogP contribution in [-0.4, -0.2) is 22.7 Å². The smallest absolute Gasteiger partial charge is 0.416 e. The van der Waals surface area contributed by atoms with Crippen molar-refractivity contribution in [3.8, 4) is 5.75 Å². The molecule has 11 heteroatoms. The average molecular weight is 563 g/mol. The fourth-order valence-corrected chi connectivity index (χ4v) is 4.99. The Morgan fingerprint density at radius 2 is 1.89 bits per heavy atom. The quantitative estimate of drug-likeness (QED) is 0.257. The van der Waals surface area contributed by atoms with Gasteiger partial charge in [-0.3, -0.25) is 14.5 Å². The van der Waals surface area contributed by atoms with E-state index in [-0.39, 0.29) is 22.4 Å². The summed E-state index contributed by atoms with van der Waals surface area (Å²) < 4.78 is 44.4. The molecule has 3 aromatic rings. The van der Waals surface area contributed by atoms with Crippen LogP contribution in [0, 0.1) is 6.92 Å². The van der Waals surface area contributed by atoms with Gasteiger partial charge in [0, 0.05) is 5.69 Å². The van der Waals surface area contributed by atoms with E-state index >= 15 is 0 Å². The van der Waals surface area contributed by atoms with Gasteiger partial charge in [0.1, 0.15) is 5.75 Å². The summed E-state index contributed by atoms with van der Waals surface area (Å²) in [5.74, 6) is -0.701. The number of nitrogens with one attached hydrogen (secondary N) is 1. The van der Waals surface area contributed by atoms with Gasteiger partial charge in [-0.2, -0.15) is 13.2 Å². The molecule has 1 aliphatic rings. The second-order valence-electron chi connectivity index (χ2n) is 7.96. The topological polar surface area (TPSA) is 58.6 Å². The molecule has 190 valence electrons. The molecule has 0 atom stereocenters. The van der Waals surface area contributed by atoms with Crippen molar-refractivity contribution in [1.82, 2.24) is 0 Å². The van der Waals surface area contributed by atoms with Crippen molar-refractivity contribution >= 4 is 69.2 Å². The van der Waals surface area contributed by atoms with Crippen molar-refractivity contribution in [3.05, 3.63) is 93.3 Å². The largest absolute Gasteiger partial charge is 0.482 e. The van der Waals surface area contributed by atoms with Gasteiger partial charge in [0.05, 0.1) is 21.2 Å². The lowest BCUT2D eigenvalue weighted by Crippen LogP contribution is -2.27. The first-order valence-electron chi connectivity index (χ1n) is 10.8. The molecule has 2 amide bonds. The van der Waals surface area contributed by atoms with Crippen molar-refractivity contribution < 1.29 is 27.5 Å². The molecule has 37 heavy (non-hydrogen) atoms. The molecule has 1 saturated heterocycles. The minimum absolute atomic E-state index is 0.00662. The SMILES string of the molecule is Cc1cccc(N2C(=O)/C(=C/c3ccc(OCC(=O)Nc4cccc(C(F)(F)F)c4)c(Cl)c3)SC2=S)c1. The zero-order valence-corrected chi connectivity index (χ0v) is 21.5. The van der Waals surface area contributed by atoms with Crippen LogP contribution in [0.3, 0.4) is 0 Å². The molecular weight excluding hydrogens is 545 g/mol. The van der Waals surface area contributed by atoms with E-state index in [1.165, 1.54) is 34.9 Å². The zero-order valence-electron chi connectivity index (χ0n) is 19.1. The third-order valence-electron chi connectivity index (χ3n) is 5.14. The third-order valence-corrected chi connectivity index (χ3v) is 6.74. The van der Waals surface area contributed by atoms with Gasteiger partial charge in [-0.25, -0.2) is 0 Å². The number of amides is 2. The Balaban J connectivity index is 1.40. The Bertz CT molecular complexity index is 1430. The molecule has 5 nitrogen and oxygen atoms in total. The zero-order chi connectivity index (χ0) is 26.7. The molecule has 1 fully saturated rings. The van der Waals surface area contributed by atoms with E-state index in [9.17, 15) is 22.8 Å². The second kappa shape index (κ2) is 11.0. The van der Waals surface area contributed by atoms with Crippen LogP contribution < -0.4 is 15.0 Å². The van der Waals surface area contributed by atoms with Crippen molar-refractivity contribution in [3.63, 3.8) is 0 Å². The first-order valence-corrected chi connectivity index (χ1v) is 12.4. The van der Waals surface area contributed by atoms with Crippen LogP contribution in [0.4, 0.5) is 24.5 Å². The van der Waals surface area contributed by atoms with Gasteiger partial charge >= 0.3 is 6.18 Å². The average Bonchev–Trinajstić information content (AvgIpc) is 3.10. The van der Waals surface area contributed by atoms with Gasteiger partial charge in [-0.1, -0.05) is 59.8 Å². The molecule has 0 unspecified atom stereocenters.